The molecule has 0 atom stereocenters. The van der Waals surface area contributed by atoms with Crippen molar-refractivity contribution in [3.63, 3.8) is 0 Å². The quantitative estimate of drug-likeness (QED) is 0.758. The average molecular weight is 251 g/mol. The number of hydrogen-bond donors (Lipinski definition) is 0. The molecule has 0 saturated carbocycles. The maximum absolute atomic E-state index is 2.27. The van der Waals surface area contributed by atoms with E-state index in [0.717, 1.165) is 6.42 Å². The fraction of sp³-hybridized carbons (Fsp3) is 0.222. The lowest BCUT2D eigenvalue weighted by atomic mass is 9.93. The van der Waals surface area contributed by atoms with Crippen molar-refractivity contribution in [1.82, 2.24) is 4.90 Å². The largest absolute Gasteiger partial charge is 0.383 e. The third-order valence-corrected chi connectivity index (χ3v) is 3.18. The van der Waals surface area contributed by atoms with Crippen LogP contribution in [-0.4, -0.2) is 19.0 Å². The van der Waals surface area contributed by atoms with Gasteiger partial charge >= 0.3 is 0 Å². The van der Waals surface area contributed by atoms with Crippen LogP contribution in [0.3, 0.4) is 0 Å². The van der Waals surface area contributed by atoms with Crippen molar-refractivity contribution in [2.75, 3.05) is 14.1 Å². The number of nitrogens with zero attached hydrogens (tertiary/aromatic N) is 1. The van der Waals surface area contributed by atoms with Gasteiger partial charge in [-0.2, -0.15) is 0 Å². The van der Waals surface area contributed by atoms with Gasteiger partial charge in [0.05, 0.1) is 0 Å². The van der Waals surface area contributed by atoms with Gasteiger partial charge in [-0.3, -0.25) is 0 Å². The SMILES string of the molecule is C/C=C1/C=C\C=C/Cc2ccc(/C=C\N(C)C)cc21. The molecule has 1 aliphatic carbocycles. The van der Waals surface area contributed by atoms with Crippen LogP contribution in [0.2, 0.25) is 0 Å². The molecule has 1 nitrogen and oxygen atoms in total. The predicted octanol–water partition coefficient (Wildman–Crippen LogP) is 4.29. The number of fused-ring (bicyclic) bond motifs is 1. The molecule has 0 heterocycles. The summed E-state index contributed by atoms with van der Waals surface area (Å²) in [5.41, 5.74) is 5.25. The molecule has 0 N–H and O–H groups in total. The van der Waals surface area contributed by atoms with Gasteiger partial charge in [0.25, 0.3) is 0 Å². The van der Waals surface area contributed by atoms with Gasteiger partial charge in [-0.25, -0.2) is 0 Å². The minimum atomic E-state index is 0.995. The molecular formula is C18H21N. The van der Waals surface area contributed by atoms with Crippen molar-refractivity contribution in [3.8, 4) is 0 Å². The Morgan fingerprint density at radius 2 is 2.00 bits per heavy atom. The van der Waals surface area contributed by atoms with Gasteiger partial charge in [-0.15, -0.1) is 0 Å². The third-order valence-electron chi connectivity index (χ3n) is 3.18. The zero-order valence-corrected chi connectivity index (χ0v) is 11.9. The van der Waals surface area contributed by atoms with Gasteiger partial charge in [0.2, 0.25) is 0 Å². The van der Waals surface area contributed by atoms with Crippen molar-refractivity contribution in [2.24, 2.45) is 0 Å². The minimum Gasteiger partial charge on any atom is -0.383 e. The Hall–Kier alpha value is -2.02. The first-order chi connectivity index (χ1) is 9.20. The standard InChI is InChI=1S/C18H21N/c1-4-16-8-6-5-7-9-17-11-10-15(14-18(16)17)12-13-19(2)3/h4-8,10-14H,9H2,1-3H3/b7-5-,8-6-,13-12-,16-4-. The second kappa shape index (κ2) is 6.24. The highest BCUT2D eigenvalue weighted by Gasteiger charge is 2.06. The molecule has 0 amide bonds. The van der Waals surface area contributed by atoms with E-state index in [4.69, 9.17) is 0 Å². The zero-order chi connectivity index (χ0) is 13.7. The van der Waals surface area contributed by atoms with E-state index in [0.29, 0.717) is 0 Å². The molecule has 0 saturated heterocycles. The van der Waals surface area contributed by atoms with Crippen molar-refractivity contribution in [3.05, 3.63) is 71.5 Å². The molecule has 1 heteroatoms. The van der Waals surface area contributed by atoms with Gasteiger partial charge in [0.1, 0.15) is 0 Å². The summed E-state index contributed by atoms with van der Waals surface area (Å²) in [6.07, 6.45) is 16.0. The fourth-order valence-corrected chi connectivity index (χ4v) is 2.15. The Balaban J connectivity index is 2.44. The summed E-state index contributed by atoms with van der Waals surface area (Å²) in [6.45, 7) is 2.09. The predicted molar refractivity (Wildman–Crippen MR) is 84.8 cm³/mol. The molecule has 0 unspecified atom stereocenters. The maximum Gasteiger partial charge on any atom is 0.00556 e. The second-order valence-corrected chi connectivity index (χ2v) is 4.93. The molecule has 1 aromatic rings. The molecule has 98 valence electrons. The molecule has 0 aromatic heterocycles. The van der Waals surface area contributed by atoms with Crippen LogP contribution >= 0.6 is 0 Å². The second-order valence-electron chi connectivity index (χ2n) is 4.93. The molecule has 19 heavy (non-hydrogen) atoms. The minimum absolute atomic E-state index is 0.995. The fourth-order valence-electron chi connectivity index (χ4n) is 2.15. The van der Waals surface area contributed by atoms with E-state index in [1.807, 2.05) is 14.1 Å². The number of allylic oxidation sites excluding steroid dienone is 6. The van der Waals surface area contributed by atoms with Crippen LogP contribution in [0, 0.1) is 0 Å². The number of hydrogen-bond acceptors (Lipinski definition) is 1. The molecule has 2 rings (SSSR count). The lowest BCUT2D eigenvalue weighted by Crippen LogP contribution is -2.00. The van der Waals surface area contributed by atoms with E-state index in [1.165, 1.54) is 22.3 Å². The Bertz CT molecular complexity index is 557. The van der Waals surface area contributed by atoms with Crippen molar-refractivity contribution in [1.29, 1.82) is 0 Å². The van der Waals surface area contributed by atoms with E-state index in [-0.39, 0.29) is 0 Å². The first-order valence-corrected chi connectivity index (χ1v) is 6.68. The van der Waals surface area contributed by atoms with Gasteiger partial charge < -0.3 is 4.90 Å². The summed E-state index contributed by atoms with van der Waals surface area (Å²) in [5.74, 6) is 0. The number of benzene rings is 1. The van der Waals surface area contributed by atoms with Crippen LogP contribution in [0.4, 0.5) is 0 Å². The van der Waals surface area contributed by atoms with Gasteiger partial charge in [-0.1, -0.05) is 42.5 Å². The van der Waals surface area contributed by atoms with Crippen molar-refractivity contribution >= 4 is 11.6 Å². The summed E-state index contributed by atoms with van der Waals surface area (Å²) in [4.78, 5) is 2.05. The Morgan fingerprint density at radius 1 is 1.16 bits per heavy atom. The van der Waals surface area contributed by atoms with Gasteiger partial charge in [0.15, 0.2) is 0 Å². The highest BCUT2D eigenvalue weighted by molar-refractivity contribution is 5.78. The van der Waals surface area contributed by atoms with E-state index in [1.54, 1.807) is 0 Å². The van der Waals surface area contributed by atoms with E-state index < -0.39 is 0 Å². The van der Waals surface area contributed by atoms with E-state index in [2.05, 4.69) is 72.7 Å². The topological polar surface area (TPSA) is 3.24 Å². The Labute approximate surface area is 116 Å². The molecule has 0 aliphatic heterocycles. The lowest BCUT2D eigenvalue weighted by Gasteiger charge is -2.12. The third kappa shape index (κ3) is 3.47. The summed E-state index contributed by atoms with van der Waals surface area (Å²) < 4.78 is 0. The van der Waals surface area contributed by atoms with Gasteiger partial charge in [0, 0.05) is 14.1 Å². The molecular weight excluding hydrogens is 230 g/mol. The van der Waals surface area contributed by atoms with E-state index in [9.17, 15) is 0 Å². The Morgan fingerprint density at radius 3 is 2.74 bits per heavy atom. The maximum atomic E-state index is 2.27. The van der Waals surface area contributed by atoms with Gasteiger partial charge in [-0.05, 0) is 54.0 Å². The van der Waals surface area contributed by atoms with Crippen LogP contribution in [-0.2, 0) is 6.42 Å². The van der Waals surface area contributed by atoms with Crippen LogP contribution in [0.1, 0.15) is 23.6 Å². The average Bonchev–Trinajstić information content (AvgIpc) is 2.38. The highest BCUT2D eigenvalue weighted by Crippen LogP contribution is 2.25. The molecule has 1 aromatic carbocycles. The zero-order valence-electron chi connectivity index (χ0n) is 11.9. The summed E-state index contributed by atoms with van der Waals surface area (Å²) in [6, 6.07) is 6.69. The first kappa shape index (κ1) is 13.4. The van der Waals surface area contributed by atoms with Crippen molar-refractivity contribution < 1.29 is 0 Å². The summed E-state index contributed by atoms with van der Waals surface area (Å²) in [5, 5.41) is 0. The molecule has 0 radical (unpaired) electrons. The monoisotopic (exact) mass is 251 g/mol. The Kier molecular flexibility index (Phi) is 4.40. The number of rotatable bonds is 2. The first-order valence-electron chi connectivity index (χ1n) is 6.68. The highest BCUT2D eigenvalue weighted by atomic mass is 15.0. The smallest absolute Gasteiger partial charge is 0.00556 e. The normalized spacial score (nSPS) is 19.8. The molecule has 0 fully saturated rings. The lowest BCUT2D eigenvalue weighted by molar-refractivity contribution is 0.567. The van der Waals surface area contributed by atoms with Crippen LogP contribution in [0.25, 0.3) is 11.6 Å². The van der Waals surface area contributed by atoms with Crippen LogP contribution in [0.15, 0.2) is 54.8 Å². The molecule has 0 bridgehead atoms. The molecule has 0 spiro atoms. The van der Waals surface area contributed by atoms with E-state index >= 15 is 0 Å². The van der Waals surface area contributed by atoms with Crippen molar-refractivity contribution in [2.45, 2.75) is 13.3 Å². The van der Waals surface area contributed by atoms with Crippen LogP contribution in [0.5, 0.6) is 0 Å². The summed E-state index contributed by atoms with van der Waals surface area (Å²) >= 11 is 0. The van der Waals surface area contributed by atoms with Crippen LogP contribution < -0.4 is 0 Å². The summed E-state index contributed by atoms with van der Waals surface area (Å²) in [7, 11) is 4.07. The molecule has 1 aliphatic rings.